The summed E-state index contributed by atoms with van der Waals surface area (Å²) in [5.74, 6) is -0.182. The maximum Gasteiger partial charge on any atom is 0.410 e. The Bertz CT molecular complexity index is 988. The molecule has 0 saturated carbocycles. The lowest BCUT2D eigenvalue weighted by Gasteiger charge is -2.34. The van der Waals surface area contributed by atoms with E-state index in [-0.39, 0.29) is 35.2 Å². The summed E-state index contributed by atoms with van der Waals surface area (Å²) < 4.78 is 5.47. The smallest absolute Gasteiger partial charge is 0.410 e. The Hall–Kier alpha value is -3.49. The Morgan fingerprint density at radius 1 is 1.09 bits per heavy atom. The van der Waals surface area contributed by atoms with Gasteiger partial charge in [-0.25, -0.2) is 14.8 Å². The number of anilines is 2. The highest BCUT2D eigenvalue weighted by molar-refractivity contribution is 6.10. The van der Waals surface area contributed by atoms with E-state index in [1.807, 2.05) is 26.8 Å². The number of hydrogen-bond donors (Lipinski definition) is 2. The molecule has 32 heavy (non-hydrogen) atoms. The van der Waals surface area contributed by atoms with Crippen LogP contribution in [0.25, 0.3) is 0 Å². The van der Waals surface area contributed by atoms with Crippen molar-refractivity contribution >= 4 is 29.4 Å². The van der Waals surface area contributed by atoms with Gasteiger partial charge in [-0.15, -0.1) is 0 Å². The molecular formula is C23H29N5O4. The van der Waals surface area contributed by atoms with Crippen LogP contribution >= 0.6 is 0 Å². The van der Waals surface area contributed by atoms with Gasteiger partial charge in [0.2, 0.25) is 0 Å². The molecule has 1 aromatic heterocycles. The molecule has 3 rings (SSSR count). The summed E-state index contributed by atoms with van der Waals surface area (Å²) in [6.45, 7) is 7.91. The molecule has 2 amide bonds. The van der Waals surface area contributed by atoms with Gasteiger partial charge in [0.25, 0.3) is 5.91 Å². The van der Waals surface area contributed by atoms with Crippen LogP contribution in [0.3, 0.4) is 0 Å². The van der Waals surface area contributed by atoms with Crippen LogP contribution in [0.2, 0.25) is 0 Å². The molecule has 1 atom stereocenters. The second kappa shape index (κ2) is 9.76. The van der Waals surface area contributed by atoms with Crippen molar-refractivity contribution in [2.24, 2.45) is 0 Å². The maximum absolute atomic E-state index is 12.6. The standard InChI is InChI=1S/C23H29N5O4/c1-15(29)18-19(24-14-25-20(18)27-21(30)16-9-6-5-7-10-16)26-17-11-8-12-28(13-17)22(31)32-23(2,3)4/h5-7,9-10,14,17H,8,11-13H2,1-4H3,(H2,24,25,26,27,30)/t17-/m1/s1. The largest absolute Gasteiger partial charge is 0.444 e. The fourth-order valence-electron chi connectivity index (χ4n) is 3.47. The minimum atomic E-state index is -0.572. The van der Waals surface area contributed by atoms with Gasteiger partial charge in [-0.1, -0.05) is 18.2 Å². The molecule has 1 saturated heterocycles. The van der Waals surface area contributed by atoms with Gasteiger partial charge in [-0.3, -0.25) is 9.59 Å². The van der Waals surface area contributed by atoms with E-state index < -0.39 is 5.60 Å². The summed E-state index contributed by atoms with van der Waals surface area (Å²) >= 11 is 0. The first-order valence-electron chi connectivity index (χ1n) is 10.6. The lowest BCUT2D eigenvalue weighted by atomic mass is 10.1. The van der Waals surface area contributed by atoms with E-state index in [9.17, 15) is 14.4 Å². The molecule has 9 heteroatoms. The molecule has 1 fully saturated rings. The summed E-state index contributed by atoms with van der Waals surface area (Å²) in [7, 11) is 0. The van der Waals surface area contributed by atoms with E-state index in [0.29, 0.717) is 24.5 Å². The number of likely N-dealkylation sites (tertiary alicyclic amines) is 1. The Balaban J connectivity index is 1.76. The molecule has 0 unspecified atom stereocenters. The van der Waals surface area contributed by atoms with E-state index in [2.05, 4.69) is 20.6 Å². The number of aromatic nitrogens is 2. The van der Waals surface area contributed by atoms with Crippen LogP contribution in [0.15, 0.2) is 36.7 Å². The van der Waals surface area contributed by atoms with Gasteiger partial charge in [0, 0.05) is 24.7 Å². The lowest BCUT2D eigenvalue weighted by molar-refractivity contribution is 0.0206. The van der Waals surface area contributed by atoms with Gasteiger partial charge in [-0.2, -0.15) is 0 Å². The van der Waals surface area contributed by atoms with Gasteiger partial charge in [0.15, 0.2) is 5.78 Å². The first kappa shape index (κ1) is 23.2. The highest BCUT2D eigenvalue weighted by Crippen LogP contribution is 2.24. The second-order valence-electron chi connectivity index (χ2n) is 8.73. The number of benzene rings is 1. The van der Waals surface area contributed by atoms with Crippen LogP contribution in [-0.4, -0.2) is 57.4 Å². The fourth-order valence-corrected chi connectivity index (χ4v) is 3.47. The van der Waals surface area contributed by atoms with Crippen molar-refractivity contribution < 1.29 is 19.1 Å². The molecule has 170 valence electrons. The predicted molar refractivity (Wildman–Crippen MR) is 121 cm³/mol. The zero-order chi connectivity index (χ0) is 23.3. The minimum absolute atomic E-state index is 0.123. The molecule has 2 N–H and O–H groups in total. The normalized spacial score (nSPS) is 16.2. The van der Waals surface area contributed by atoms with Crippen molar-refractivity contribution in [3.63, 3.8) is 0 Å². The number of nitrogens with one attached hydrogen (secondary N) is 2. The van der Waals surface area contributed by atoms with Crippen molar-refractivity contribution in [2.45, 2.75) is 52.2 Å². The summed E-state index contributed by atoms with van der Waals surface area (Å²) in [5, 5.41) is 5.96. The summed E-state index contributed by atoms with van der Waals surface area (Å²) in [6, 6.07) is 8.56. The minimum Gasteiger partial charge on any atom is -0.444 e. The van der Waals surface area contributed by atoms with Crippen LogP contribution < -0.4 is 10.6 Å². The fraction of sp³-hybridized carbons (Fsp3) is 0.435. The zero-order valence-corrected chi connectivity index (χ0v) is 18.8. The van der Waals surface area contributed by atoms with Crippen LogP contribution in [0.1, 0.15) is 61.3 Å². The lowest BCUT2D eigenvalue weighted by Crippen LogP contribution is -2.47. The van der Waals surface area contributed by atoms with Crippen molar-refractivity contribution in [1.82, 2.24) is 14.9 Å². The molecule has 1 aliphatic heterocycles. The monoisotopic (exact) mass is 439 g/mol. The molecule has 9 nitrogen and oxygen atoms in total. The molecule has 0 radical (unpaired) electrons. The van der Waals surface area contributed by atoms with Crippen molar-refractivity contribution in [3.05, 3.63) is 47.8 Å². The van der Waals surface area contributed by atoms with Crippen molar-refractivity contribution in [2.75, 3.05) is 23.7 Å². The van der Waals surface area contributed by atoms with Gasteiger partial charge in [0.05, 0.1) is 0 Å². The topological polar surface area (TPSA) is 114 Å². The van der Waals surface area contributed by atoms with Crippen molar-refractivity contribution in [3.8, 4) is 0 Å². The van der Waals surface area contributed by atoms with Crippen LogP contribution in [0.4, 0.5) is 16.4 Å². The third kappa shape index (κ3) is 6.03. The van der Waals surface area contributed by atoms with Crippen LogP contribution in [0, 0.1) is 0 Å². The van der Waals surface area contributed by atoms with E-state index in [1.165, 1.54) is 13.3 Å². The number of ether oxygens (including phenoxy) is 1. The predicted octanol–water partition coefficient (Wildman–Crippen LogP) is 3.74. The molecule has 1 aliphatic rings. The Morgan fingerprint density at radius 3 is 2.44 bits per heavy atom. The Labute approximate surface area is 187 Å². The molecule has 2 aromatic rings. The number of amides is 2. The molecule has 1 aromatic carbocycles. The number of nitrogens with zero attached hydrogens (tertiary/aromatic N) is 3. The Morgan fingerprint density at radius 2 is 1.78 bits per heavy atom. The number of rotatable bonds is 5. The van der Waals surface area contributed by atoms with E-state index in [0.717, 1.165) is 12.8 Å². The number of carbonyl (C=O) groups excluding carboxylic acids is 3. The van der Waals surface area contributed by atoms with Gasteiger partial charge in [-0.05, 0) is 52.7 Å². The summed E-state index contributed by atoms with van der Waals surface area (Å²) in [4.78, 5) is 47.4. The first-order chi connectivity index (χ1) is 15.1. The SMILES string of the molecule is CC(=O)c1c(NC(=O)c2ccccc2)ncnc1N[C@@H]1CCCN(C(=O)OC(C)(C)C)C1. The number of hydrogen-bond acceptors (Lipinski definition) is 7. The molecule has 0 spiro atoms. The van der Waals surface area contributed by atoms with E-state index in [4.69, 9.17) is 4.74 Å². The molecule has 0 bridgehead atoms. The second-order valence-corrected chi connectivity index (χ2v) is 8.73. The molecular weight excluding hydrogens is 410 g/mol. The average Bonchev–Trinajstić information content (AvgIpc) is 2.73. The van der Waals surface area contributed by atoms with E-state index >= 15 is 0 Å². The van der Waals surface area contributed by atoms with Gasteiger partial charge in [0.1, 0.15) is 29.1 Å². The van der Waals surface area contributed by atoms with Crippen LogP contribution in [-0.2, 0) is 4.74 Å². The quantitative estimate of drug-likeness (QED) is 0.682. The molecule has 0 aliphatic carbocycles. The Kier molecular flexibility index (Phi) is 7.07. The number of piperidine rings is 1. The number of carbonyl (C=O) groups is 3. The zero-order valence-electron chi connectivity index (χ0n) is 18.8. The van der Waals surface area contributed by atoms with Gasteiger partial charge < -0.3 is 20.3 Å². The van der Waals surface area contributed by atoms with Crippen LogP contribution in [0.5, 0.6) is 0 Å². The van der Waals surface area contributed by atoms with Gasteiger partial charge >= 0.3 is 6.09 Å². The van der Waals surface area contributed by atoms with E-state index in [1.54, 1.807) is 29.2 Å². The summed E-state index contributed by atoms with van der Waals surface area (Å²) in [6.07, 6.45) is 2.51. The third-order valence-electron chi connectivity index (χ3n) is 4.88. The third-order valence-corrected chi connectivity index (χ3v) is 4.88. The van der Waals surface area contributed by atoms with Crippen molar-refractivity contribution in [1.29, 1.82) is 0 Å². The highest BCUT2D eigenvalue weighted by Gasteiger charge is 2.29. The summed E-state index contributed by atoms with van der Waals surface area (Å²) in [5.41, 5.74) is 0.0826. The molecule has 2 heterocycles. The highest BCUT2D eigenvalue weighted by atomic mass is 16.6. The first-order valence-corrected chi connectivity index (χ1v) is 10.6. The average molecular weight is 440 g/mol. The number of ketones is 1. The number of Topliss-reactive ketones (excluding diaryl/α,β-unsaturated/α-hetero) is 1. The maximum atomic E-state index is 12.6.